The first-order valence-electron chi connectivity index (χ1n) is 6.82. The third-order valence-corrected chi connectivity index (χ3v) is 4.17. The number of benzene rings is 1. The van der Waals surface area contributed by atoms with E-state index < -0.39 is 0 Å². The van der Waals surface area contributed by atoms with Crippen molar-refractivity contribution in [1.29, 1.82) is 0 Å². The van der Waals surface area contributed by atoms with E-state index in [0.717, 1.165) is 12.1 Å². The molecule has 2 aliphatic rings. The molecule has 3 atom stereocenters. The van der Waals surface area contributed by atoms with E-state index in [1.165, 1.54) is 19.3 Å². The summed E-state index contributed by atoms with van der Waals surface area (Å²) in [6, 6.07) is 7.23. The summed E-state index contributed by atoms with van der Waals surface area (Å²) in [7, 11) is 0. The Morgan fingerprint density at radius 1 is 1.32 bits per heavy atom. The lowest BCUT2D eigenvalue weighted by molar-refractivity contribution is -0.384. The van der Waals surface area contributed by atoms with Crippen LogP contribution < -0.4 is 0 Å². The van der Waals surface area contributed by atoms with Crippen LogP contribution in [0, 0.1) is 10.1 Å². The van der Waals surface area contributed by atoms with Crippen LogP contribution in [-0.4, -0.2) is 28.5 Å². The van der Waals surface area contributed by atoms with Crippen LogP contribution in [0.4, 0.5) is 5.69 Å². The van der Waals surface area contributed by atoms with Gasteiger partial charge in [0, 0.05) is 24.7 Å². The number of nitro benzene ring substituents is 1. The first-order valence-corrected chi connectivity index (χ1v) is 6.82. The van der Waals surface area contributed by atoms with E-state index in [0.29, 0.717) is 6.04 Å². The van der Waals surface area contributed by atoms with E-state index in [4.69, 9.17) is 4.74 Å². The number of hydrogen-bond acceptors (Lipinski definition) is 4. The Hall–Kier alpha value is -1.46. The molecule has 0 aliphatic carbocycles. The molecule has 1 aromatic rings. The van der Waals surface area contributed by atoms with Crippen molar-refractivity contribution in [2.75, 3.05) is 6.54 Å². The van der Waals surface area contributed by atoms with Crippen molar-refractivity contribution in [3.63, 3.8) is 0 Å². The first kappa shape index (κ1) is 12.6. The Morgan fingerprint density at radius 2 is 2.05 bits per heavy atom. The molecule has 5 heteroatoms. The molecule has 0 radical (unpaired) electrons. The second-order valence-corrected chi connectivity index (χ2v) is 5.34. The summed E-state index contributed by atoms with van der Waals surface area (Å²) in [5, 5.41) is 10.7. The normalized spacial score (nSPS) is 31.1. The highest BCUT2D eigenvalue weighted by Crippen LogP contribution is 2.39. The van der Waals surface area contributed by atoms with Gasteiger partial charge < -0.3 is 4.74 Å². The molecular weight excluding hydrogens is 244 g/mol. The molecule has 0 bridgehead atoms. The maximum atomic E-state index is 10.7. The zero-order chi connectivity index (χ0) is 13.4. The van der Waals surface area contributed by atoms with Gasteiger partial charge in [0.05, 0.1) is 11.0 Å². The molecule has 1 aromatic carbocycles. The van der Waals surface area contributed by atoms with Crippen LogP contribution in [0.1, 0.15) is 38.0 Å². The highest BCUT2D eigenvalue weighted by atomic mass is 16.6. The highest BCUT2D eigenvalue weighted by Gasteiger charge is 2.41. The molecule has 0 spiro atoms. The molecule has 0 unspecified atom stereocenters. The zero-order valence-corrected chi connectivity index (χ0v) is 11.0. The van der Waals surface area contributed by atoms with Gasteiger partial charge in [-0.05, 0) is 37.5 Å². The third-order valence-electron chi connectivity index (χ3n) is 4.17. The van der Waals surface area contributed by atoms with Gasteiger partial charge in [0.1, 0.15) is 6.23 Å². The smallest absolute Gasteiger partial charge is 0.269 e. The van der Waals surface area contributed by atoms with Crippen LogP contribution in [-0.2, 0) is 4.74 Å². The number of piperidine rings is 1. The summed E-state index contributed by atoms with van der Waals surface area (Å²) in [5.41, 5.74) is 1.15. The Labute approximate surface area is 112 Å². The van der Waals surface area contributed by atoms with Crippen molar-refractivity contribution in [3.8, 4) is 0 Å². The third kappa shape index (κ3) is 2.24. The number of nitrogens with zero attached hydrogens (tertiary/aromatic N) is 2. The van der Waals surface area contributed by atoms with Gasteiger partial charge in [-0.15, -0.1) is 0 Å². The molecule has 0 saturated carbocycles. The van der Waals surface area contributed by atoms with E-state index in [1.54, 1.807) is 12.1 Å². The van der Waals surface area contributed by atoms with E-state index >= 15 is 0 Å². The van der Waals surface area contributed by atoms with Gasteiger partial charge in [-0.25, -0.2) is 0 Å². The number of hydrogen-bond donors (Lipinski definition) is 0. The summed E-state index contributed by atoms with van der Waals surface area (Å²) in [5.74, 6) is 0. The lowest BCUT2D eigenvalue weighted by Crippen LogP contribution is -2.39. The van der Waals surface area contributed by atoms with E-state index in [1.807, 2.05) is 12.1 Å². The number of nitro groups is 1. The number of fused-ring (bicyclic) bond motifs is 1. The molecular formula is C14H18N2O3. The minimum atomic E-state index is -0.369. The minimum Gasteiger partial charge on any atom is -0.354 e. The maximum absolute atomic E-state index is 10.7. The van der Waals surface area contributed by atoms with Crippen LogP contribution in [0.15, 0.2) is 24.3 Å². The second kappa shape index (κ2) is 4.90. The molecule has 2 aliphatic heterocycles. The number of ether oxygens (including phenoxy) is 1. The molecule has 0 amide bonds. The standard InChI is InChI=1S/C14H18N2O3/c1-10-13-4-2-3-9-15(13)14(19-10)11-5-7-12(8-6-11)16(17)18/h5-8,10,13-14H,2-4,9H2,1H3/t10-,13-,14-/m1/s1. The summed E-state index contributed by atoms with van der Waals surface area (Å²) in [6.07, 6.45) is 3.85. The Balaban J connectivity index is 1.83. The van der Waals surface area contributed by atoms with Gasteiger partial charge in [0.2, 0.25) is 0 Å². The van der Waals surface area contributed by atoms with Crippen LogP contribution in [0.25, 0.3) is 0 Å². The average Bonchev–Trinajstić information content (AvgIpc) is 2.77. The summed E-state index contributed by atoms with van der Waals surface area (Å²) >= 11 is 0. The fraction of sp³-hybridized carbons (Fsp3) is 0.571. The largest absolute Gasteiger partial charge is 0.354 e. The van der Waals surface area contributed by atoms with E-state index in [-0.39, 0.29) is 22.9 Å². The van der Waals surface area contributed by atoms with Crippen molar-refractivity contribution >= 4 is 5.69 Å². The van der Waals surface area contributed by atoms with Crippen molar-refractivity contribution in [3.05, 3.63) is 39.9 Å². The van der Waals surface area contributed by atoms with Crippen LogP contribution in [0.5, 0.6) is 0 Å². The fourth-order valence-electron chi connectivity index (χ4n) is 3.18. The van der Waals surface area contributed by atoms with Crippen molar-refractivity contribution in [2.24, 2.45) is 0 Å². The van der Waals surface area contributed by atoms with Crippen molar-refractivity contribution in [2.45, 2.75) is 44.6 Å². The summed E-state index contributed by atoms with van der Waals surface area (Å²) in [4.78, 5) is 12.7. The first-order chi connectivity index (χ1) is 9.16. The molecule has 0 N–H and O–H groups in total. The predicted molar refractivity (Wildman–Crippen MR) is 70.7 cm³/mol. The lowest BCUT2D eigenvalue weighted by atomic mass is 9.99. The van der Waals surface area contributed by atoms with E-state index in [9.17, 15) is 10.1 Å². The van der Waals surface area contributed by atoms with Gasteiger partial charge in [0.25, 0.3) is 5.69 Å². The molecule has 2 heterocycles. The van der Waals surface area contributed by atoms with Crippen LogP contribution in [0.2, 0.25) is 0 Å². The number of rotatable bonds is 2. The lowest BCUT2D eigenvalue weighted by Gasteiger charge is -2.32. The molecule has 19 heavy (non-hydrogen) atoms. The molecule has 0 aromatic heterocycles. The SMILES string of the molecule is C[C@H]1O[C@H](c2ccc([N+](=O)[O-])cc2)N2CCCC[C@H]12. The van der Waals surface area contributed by atoms with Gasteiger partial charge in [0.15, 0.2) is 0 Å². The quantitative estimate of drug-likeness (QED) is 0.607. The predicted octanol–water partition coefficient (Wildman–Crippen LogP) is 2.87. The molecule has 5 nitrogen and oxygen atoms in total. The van der Waals surface area contributed by atoms with Crippen LogP contribution >= 0.6 is 0 Å². The summed E-state index contributed by atoms with van der Waals surface area (Å²) in [6.45, 7) is 3.17. The van der Waals surface area contributed by atoms with Crippen molar-refractivity contribution in [1.82, 2.24) is 4.90 Å². The summed E-state index contributed by atoms with van der Waals surface area (Å²) < 4.78 is 6.05. The topological polar surface area (TPSA) is 55.6 Å². The monoisotopic (exact) mass is 262 g/mol. The second-order valence-electron chi connectivity index (χ2n) is 5.34. The Bertz CT molecular complexity index is 474. The average molecular weight is 262 g/mol. The van der Waals surface area contributed by atoms with Gasteiger partial charge in [-0.1, -0.05) is 6.42 Å². The zero-order valence-electron chi connectivity index (χ0n) is 11.0. The Kier molecular flexibility index (Phi) is 3.24. The van der Waals surface area contributed by atoms with Crippen LogP contribution in [0.3, 0.4) is 0 Å². The highest BCUT2D eigenvalue weighted by molar-refractivity contribution is 5.34. The molecule has 3 rings (SSSR count). The number of non-ortho nitro benzene ring substituents is 1. The molecule has 2 saturated heterocycles. The molecule has 2 fully saturated rings. The van der Waals surface area contributed by atoms with Crippen molar-refractivity contribution < 1.29 is 9.66 Å². The van der Waals surface area contributed by atoms with Gasteiger partial charge >= 0.3 is 0 Å². The van der Waals surface area contributed by atoms with E-state index in [2.05, 4.69) is 11.8 Å². The fourth-order valence-corrected chi connectivity index (χ4v) is 3.18. The van der Waals surface area contributed by atoms with Gasteiger partial charge in [-0.2, -0.15) is 0 Å². The van der Waals surface area contributed by atoms with Gasteiger partial charge in [-0.3, -0.25) is 15.0 Å². The molecule has 102 valence electrons. The Morgan fingerprint density at radius 3 is 2.74 bits per heavy atom. The maximum Gasteiger partial charge on any atom is 0.269 e. The minimum absolute atomic E-state index is 0.0406.